The molecule has 0 rings (SSSR count). The normalized spacial score (nSPS) is 10.4. The second-order valence-corrected chi connectivity index (χ2v) is 3.87. The van der Waals surface area contributed by atoms with Crippen molar-refractivity contribution in [1.82, 2.24) is 15.5 Å². The van der Waals surface area contributed by atoms with E-state index >= 15 is 0 Å². The molecule has 0 aromatic carbocycles. The number of amides is 2. The first-order valence-electron chi connectivity index (χ1n) is 5.86. The average Bonchev–Trinajstić information content (AvgIpc) is 2.27. The van der Waals surface area contributed by atoms with Gasteiger partial charge in [0.25, 0.3) is 0 Å². The number of nitrogens with zero attached hydrogens (tertiary/aromatic N) is 1. The Morgan fingerprint density at radius 3 is 2.24 bits per heavy atom. The molecule has 6 heteroatoms. The lowest BCUT2D eigenvalue weighted by molar-refractivity contribution is -0.139. The zero-order chi connectivity index (χ0) is 13.1. The maximum Gasteiger partial charge on any atom is 0.309 e. The topological polar surface area (TPSA) is 70.7 Å². The van der Waals surface area contributed by atoms with E-state index in [4.69, 9.17) is 4.74 Å². The summed E-state index contributed by atoms with van der Waals surface area (Å²) >= 11 is 0. The second kappa shape index (κ2) is 10.0. The van der Waals surface area contributed by atoms with Crippen molar-refractivity contribution in [2.75, 3.05) is 46.9 Å². The van der Waals surface area contributed by atoms with Crippen LogP contribution in [0.4, 0.5) is 0 Å². The van der Waals surface area contributed by atoms with Crippen LogP contribution < -0.4 is 10.6 Å². The number of likely N-dealkylation sites (N-methyl/N-ethyl adjacent to an activating group) is 1. The van der Waals surface area contributed by atoms with Crippen LogP contribution in [0.5, 0.6) is 0 Å². The van der Waals surface area contributed by atoms with Crippen LogP contribution in [-0.4, -0.2) is 63.7 Å². The predicted molar refractivity (Wildman–Crippen MR) is 65.7 cm³/mol. The molecule has 0 bridgehead atoms. The summed E-state index contributed by atoms with van der Waals surface area (Å²) in [6.07, 6.45) is 0.713. The molecule has 0 spiro atoms. The Morgan fingerprint density at radius 2 is 1.71 bits per heavy atom. The van der Waals surface area contributed by atoms with Crippen molar-refractivity contribution in [1.29, 1.82) is 0 Å². The molecule has 0 aromatic heterocycles. The van der Waals surface area contributed by atoms with E-state index in [1.807, 2.05) is 25.9 Å². The van der Waals surface area contributed by atoms with Gasteiger partial charge in [-0.1, -0.05) is 0 Å². The van der Waals surface area contributed by atoms with E-state index < -0.39 is 11.8 Å². The van der Waals surface area contributed by atoms with E-state index in [9.17, 15) is 9.59 Å². The van der Waals surface area contributed by atoms with Gasteiger partial charge in [0, 0.05) is 32.8 Å². The number of carbonyl (C=O) groups is 2. The van der Waals surface area contributed by atoms with E-state index in [1.54, 1.807) is 0 Å². The van der Waals surface area contributed by atoms with Gasteiger partial charge >= 0.3 is 11.8 Å². The highest BCUT2D eigenvalue weighted by molar-refractivity contribution is 6.35. The van der Waals surface area contributed by atoms with Crippen LogP contribution in [0.15, 0.2) is 0 Å². The highest BCUT2D eigenvalue weighted by atomic mass is 16.5. The second-order valence-electron chi connectivity index (χ2n) is 3.87. The highest BCUT2D eigenvalue weighted by Gasteiger charge is 2.11. The Kier molecular flexibility index (Phi) is 9.37. The summed E-state index contributed by atoms with van der Waals surface area (Å²) in [7, 11) is 3.81. The third-order valence-corrected chi connectivity index (χ3v) is 2.01. The zero-order valence-corrected chi connectivity index (χ0v) is 10.9. The van der Waals surface area contributed by atoms with Gasteiger partial charge in [-0.25, -0.2) is 0 Å². The summed E-state index contributed by atoms with van der Waals surface area (Å²) in [6, 6.07) is 0. The maximum absolute atomic E-state index is 11.3. The van der Waals surface area contributed by atoms with Gasteiger partial charge in [-0.3, -0.25) is 9.59 Å². The summed E-state index contributed by atoms with van der Waals surface area (Å²) in [5.41, 5.74) is 0. The first kappa shape index (κ1) is 15.9. The minimum atomic E-state index is -0.583. The molecule has 0 fully saturated rings. The molecule has 0 aliphatic carbocycles. The fourth-order valence-corrected chi connectivity index (χ4v) is 1.07. The SMILES string of the molecule is CCOCCCNC(=O)C(=O)NCCN(C)C. The molecule has 2 amide bonds. The molecular weight excluding hydrogens is 222 g/mol. The highest BCUT2D eigenvalue weighted by Crippen LogP contribution is 1.80. The summed E-state index contributed by atoms with van der Waals surface area (Å²) in [5, 5.41) is 5.08. The van der Waals surface area contributed by atoms with Crippen molar-refractivity contribution in [2.45, 2.75) is 13.3 Å². The lowest BCUT2D eigenvalue weighted by atomic mass is 10.4. The lowest BCUT2D eigenvalue weighted by Gasteiger charge is -2.10. The molecule has 17 heavy (non-hydrogen) atoms. The van der Waals surface area contributed by atoms with Crippen molar-refractivity contribution >= 4 is 11.8 Å². The molecule has 6 nitrogen and oxygen atoms in total. The number of ether oxygens (including phenoxy) is 1. The number of hydrogen-bond acceptors (Lipinski definition) is 4. The number of carbonyl (C=O) groups excluding carboxylic acids is 2. The minimum Gasteiger partial charge on any atom is -0.382 e. The monoisotopic (exact) mass is 245 g/mol. The largest absolute Gasteiger partial charge is 0.382 e. The zero-order valence-electron chi connectivity index (χ0n) is 10.9. The summed E-state index contributed by atoms with van der Waals surface area (Å²) < 4.78 is 5.11. The molecule has 0 aliphatic heterocycles. The maximum atomic E-state index is 11.3. The van der Waals surface area contributed by atoms with E-state index in [1.165, 1.54) is 0 Å². The van der Waals surface area contributed by atoms with E-state index in [2.05, 4.69) is 10.6 Å². The molecule has 0 saturated carbocycles. The third kappa shape index (κ3) is 9.77. The van der Waals surface area contributed by atoms with Gasteiger partial charge in [0.15, 0.2) is 0 Å². The van der Waals surface area contributed by atoms with E-state index in [0.717, 1.165) is 0 Å². The van der Waals surface area contributed by atoms with Crippen molar-refractivity contribution in [3.8, 4) is 0 Å². The van der Waals surface area contributed by atoms with Gasteiger partial charge < -0.3 is 20.3 Å². The molecule has 0 saturated heterocycles. The Bertz CT molecular complexity index is 232. The van der Waals surface area contributed by atoms with Crippen LogP contribution in [0.1, 0.15) is 13.3 Å². The predicted octanol–water partition coefficient (Wildman–Crippen LogP) is -0.793. The van der Waals surface area contributed by atoms with Gasteiger partial charge in [0.1, 0.15) is 0 Å². The Balaban J connectivity index is 3.51. The van der Waals surface area contributed by atoms with Crippen LogP contribution >= 0.6 is 0 Å². The smallest absolute Gasteiger partial charge is 0.309 e. The fourth-order valence-electron chi connectivity index (χ4n) is 1.07. The van der Waals surface area contributed by atoms with Crippen molar-refractivity contribution in [3.05, 3.63) is 0 Å². The molecule has 0 unspecified atom stereocenters. The van der Waals surface area contributed by atoms with E-state index in [-0.39, 0.29) is 0 Å². The fraction of sp³-hybridized carbons (Fsp3) is 0.818. The molecular formula is C11H23N3O3. The van der Waals surface area contributed by atoms with Crippen LogP contribution in [0, 0.1) is 0 Å². The summed E-state index contributed by atoms with van der Waals surface area (Å²) in [5.74, 6) is -1.16. The average molecular weight is 245 g/mol. The van der Waals surface area contributed by atoms with Crippen molar-refractivity contribution < 1.29 is 14.3 Å². The third-order valence-electron chi connectivity index (χ3n) is 2.01. The molecule has 2 N–H and O–H groups in total. The Hall–Kier alpha value is -1.14. The minimum absolute atomic E-state index is 0.458. The van der Waals surface area contributed by atoms with Crippen LogP contribution in [0.2, 0.25) is 0 Å². The Labute approximate surface area is 103 Å². The standard InChI is InChI=1S/C11H23N3O3/c1-4-17-9-5-6-12-10(15)11(16)13-7-8-14(2)3/h4-9H2,1-3H3,(H,12,15)(H,13,16). The van der Waals surface area contributed by atoms with Crippen LogP contribution in [-0.2, 0) is 14.3 Å². The first-order valence-corrected chi connectivity index (χ1v) is 5.86. The van der Waals surface area contributed by atoms with Crippen LogP contribution in [0.3, 0.4) is 0 Å². The summed E-state index contributed by atoms with van der Waals surface area (Å²) in [6.45, 7) is 4.82. The Morgan fingerprint density at radius 1 is 1.12 bits per heavy atom. The number of nitrogens with one attached hydrogen (secondary N) is 2. The van der Waals surface area contributed by atoms with Crippen molar-refractivity contribution in [3.63, 3.8) is 0 Å². The van der Waals surface area contributed by atoms with Crippen molar-refractivity contribution in [2.24, 2.45) is 0 Å². The number of hydrogen-bond donors (Lipinski definition) is 2. The van der Waals surface area contributed by atoms with Gasteiger partial charge in [0.2, 0.25) is 0 Å². The molecule has 0 radical (unpaired) electrons. The molecule has 0 heterocycles. The van der Waals surface area contributed by atoms with Gasteiger partial charge in [-0.05, 0) is 27.4 Å². The molecule has 0 aliphatic rings. The molecule has 100 valence electrons. The quantitative estimate of drug-likeness (QED) is 0.434. The first-order chi connectivity index (χ1) is 8.07. The lowest BCUT2D eigenvalue weighted by Crippen LogP contribution is -2.42. The van der Waals surface area contributed by atoms with Gasteiger partial charge in [-0.2, -0.15) is 0 Å². The van der Waals surface area contributed by atoms with E-state index in [0.29, 0.717) is 39.3 Å². The molecule has 0 atom stereocenters. The summed E-state index contributed by atoms with van der Waals surface area (Å²) in [4.78, 5) is 24.5. The molecule has 0 aromatic rings. The van der Waals surface area contributed by atoms with Gasteiger partial charge in [-0.15, -0.1) is 0 Å². The van der Waals surface area contributed by atoms with Gasteiger partial charge in [0.05, 0.1) is 0 Å². The van der Waals surface area contributed by atoms with Crippen LogP contribution in [0.25, 0.3) is 0 Å². The number of rotatable bonds is 8.